The number of carbonyl (C=O) groups is 1. The van der Waals surface area contributed by atoms with E-state index < -0.39 is 5.97 Å². The lowest BCUT2D eigenvalue weighted by atomic mass is 10.1. The SMILES string of the molecule is CCn1c(Cc2ccc(OC)c(OC)c2)nnc1SCc1cccc(C(=O)O)c1. The van der Waals surface area contributed by atoms with Gasteiger partial charge in [-0.05, 0) is 42.3 Å². The number of carboxylic acids is 1. The van der Waals surface area contributed by atoms with Crippen molar-refractivity contribution in [3.8, 4) is 11.5 Å². The third kappa shape index (κ3) is 4.89. The minimum absolute atomic E-state index is 0.286. The highest BCUT2D eigenvalue weighted by atomic mass is 32.2. The molecule has 3 aromatic rings. The van der Waals surface area contributed by atoms with Gasteiger partial charge in [-0.15, -0.1) is 10.2 Å². The molecule has 3 rings (SSSR count). The predicted octanol–water partition coefficient (Wildman–Crippen LogP) is 3.90. The molecule has 8 heteroatoms. The second-order valence-corrected chi connectivity index (χ2v) is 7.25. The van der Waals surface area contributed by atoms with Crippen LogP contribution in [0.25, 0.3) is 0 Å². The molecule has 0 amide bonds. The molecule has 29 heavy (non-hydrogen) atoms. The summed E-state index contributed by atoms with van der Waals surface area (Å²) in [6.45, 7) is 2.80. The summed E-state index contributed by atoms with van der Waals surface area (Å²) in [5.41, 5.74) is 2.27. The van der Waals surface area contributed by atoms with E-state index in [1.54, 1.807) is 44.2 Å². The summed E-state index contributed by atoms with van der Waals surface area (Å²) >= 11 is 1.54. The molecular weight excluding hydrogens is 390 g/mol. The number of hydrogen-bond acceptors (Lipinski definition) is 6. The zero-order chi connectivity index (χ0) is 20.8. The number of nitrogens with zero attached hydrogens (tertiary/aromatic N) is 3. The molecule has 2 aromatic carbocycles. The Morgan fingerprint density at radius 2 is 1.86 bits per heavy atom. The Bertz CT molecular complexity index is 1000. The molecular formula is C21H23N3O4S. The Morgan fingerprint density at radius 1 is 1.07 bits per heavy atom. The first-order chi connectivity index (χ1) is 14.0. The highest BCUT2D eigenvalue weighted by Gasteiger charge is 2.14. The van der Waals surface area contributed by atoms with Gasteiger partial charge in [-0.3, -0.25) is 0 Å². The highest BCUT2D eigenvalue weighted by Crippen LogP contribution is 2.29. The number of aromatic carboxylic acids is 1. The van der Waals surface area contributed by atoms with Gasteiger partial charge >= 0.3 is 5.97 Å². The van der Waals surface area contributed by atoms with Crippen LogP contribution in [-0.4, -0.2) is 40.1 Å². The Labute approximate surface area is 173 Å². The lowest BCUT2D eigenvalue weighted by Gasteiger charge is -2.10. The van der Waals surface area contributed by atoms with Gasteiger partial charge in [-0.25, -0.2) is 4.79 Å². The number of methoxy groups -OCH3 is 2. The lowest BCUT2D eigenvalue weighted by Crippen LogP contribution is -2.04. The number of carboxylic acid groups (broad SMARTS) is 1. The molecule has 0 radical (unpaired) electrons. The third-order valence-corrected chi connectivity index (χ3v) is 5.50. The fourth-order valence-corrected chi connectivity index (χ4v) is 3.95. The number of benzene rings is 2. The maximum Gasteiger partial charge on any atom is 0.335 e. The van der Waals surface area contributed by atoms with Crippen LogP contribution >= 0.6 is 11.8 Å². The largest absolute Gasteiger partial charge is 0.493 e. The lowest BCUT2D eigenvalue weighted by molar-refractivity contribution is 0.0696. The van der Waals surface area contributed by atoms with Crippen LogP contribution in [0.3, 0.4) is 0 Å². The molecule has 0 saturated heterocycles. The predicted molar refractivity (Wildman–Crippen MR) is 111 cm³/mol. The smallest absolute Gasteiger partial charge is 0.335 e. The zero-order valence-corrected chi connectivity index (χ0v) is 17.4. The van der Waals surface area contributed by atoms with E-state index >= 15 is 0 Å². The van der Waals surface area contributed by atoms with Gasteiger partial charge in [0.15, 0.2) is 16.7 Å². The molecule has 0 spiro atoms. The van der Waals surface area contributed by atoms with E-state index in [9.17, 15) is 4.79 Å². The van der Waals surface area contributed by atoms with Gasteiger partial charge < -0.3 is 19.1 Å². The van der Waals surface area contributed by atoms with E-state index in [1.165, 1.54) is 0 Å². The summed E-state index contributed by atoms with van der Waals surface area (Å²) in [7, 11) is 3.23. The Balaban J connectivity index is 1.75. The van der Waals surface area contributed by atoms with Crippen LogP contribution in [0.4, 0.5) is 0 Å². The standard InChI is InChI=1S/C21H23N3O4S/c1-4-24-19(12-14-8-9-17(27-2)18(11-14)28-3)22-23-21(24)29-13-15-6-5-7-16(10-15)20(25)26/h5-11H,4,12-13H2,1-3H3,(H,25,26). The second kappa shape index (κ2) is 9.47. The van der Waals surface area contributed by atoms with Gasteiger partial charge in [-0.1, -0.05) is 30.0 Å². The molecule has 0 saturated carbocycles. The monoisotopic (exact) mass is 413 g/mol. The minimum Gasteiger partial charge on any atom is -0.493 e. The molecule has 0 unspecified atom stereocenters. The summed E-state index contributed by atoms with van der Waals surface area (Å²) in [5.74, 6) is 1.93. The fraction of sp³-hybridized carbons (Fsp3) is 0.286. The van der Waals surface area contributed by atoms with E-state index in [0.29, 0.717) is 23.7 Å². The topological polar surface area (TPSA) is 86.5 Å². The average Bonchev–Trinajstić information content (AvgIpc) is 3.13. The summed E-state index contributed by atoms with van der Waals surface area (Å²) in [6.07, 6.45) is 0.621. The van der Waals surface area contributed by atoms with E-state index in [2.05, 4.69) is 21.7 Å². The van der Waals surface area contributed by atoms with Crippen molar-refractivity contribution < 1.29 is 19.4 Å². The zero-order valence-electron chi connectivity index (χ0n) is 16.6. The van der Waals surface area contributed by atoms with Crippen LogP contribution < -0.4 is 9.47 Å². The first kappa shape index (κ1) is 20.7. The van der Waals surface area contributed by atoms with Crippen LogP contribution in [0.1, 0.15) is 34.2 Å². The Kier molecular flexibility index (Phi) is 6.77. The van der Waals surface area contributed by atoms with E-state index in [0.717, 1.165) is 28.7 Å². The Hall–Kier alpha value is -3.00. The first-order valence-corrected chi connectivity index (χ1v) is 10.1. The molecule has 0 bridgehead atoms. The summed E-state index contributed by atoms with van der Waals surface area (Å²) in [6, 6.07) is 12.8. The number of hydrogen-bond donors (Lipinski definition) is 1. The summed E-state index contributed by atoms with van der Waals surface area (Å²) < 4.78 is 12.7. The molecule has 0 aliphatic heterocycles. The van der Waals surface area contributed by atoms with Crippen LogP contribution in [0.2, 0.25) is 0 Å². The molecule has 152 valence electrons. The van der Waals surface area contributed by atoms with Crippen molar-refractivity contribution in [3.63, 3.8) is 0 Å². The number of aromatic nitrogens is 3. The quantitative estimate of drug-likeness (QED) is 0.533. The van der Waals surface area contributed by atoms with Gasteiger partial charge in [0.25, 0.3) is 0 Å². The van der Waals surface area contributed by atoms with E-state index in [-0.39, 0.29) is 5.56 Å². The molecule has 0 aliphatic rings. The molecule has 1 aromatic heterocycles. The van der Waals surface area contributed by atoms with Crippen molar-refractivity contribution in [2.24, 2.45) is 0 Å². The molecule has 0 aliphatic carbocycles. The Morgan fingerprint density at radius 3 is 2.55 bits per heavy atom. The van der Waals surface area contributed by atoms with Crippen molar-refractivity contribution in [1.29, 1.82) is 0 Å². The van der Waals surface area contributed by atoms with Crippen LogP contribution in [0, 0.1) is 0 Å². The average molecular weight is 413 g/mol. The van der Waals surface area contributed by atoms with Crippen molar-refractivity contribution in [2.75, 3.05) is 14.2 Å². The van der Waals surface area contributed by atoms with Crippen LogP contribution in [0.5, 0.6) is 11.5 Å². The normalized spacial score (nSPS) is 10.7. The summed E-state index contributed by atoms with van der Waals surface area (Å²) in [5, 5.41) is 18.6. The van der Waals surface area contributed by atoms with Crippen molar-refractivity contribution in [3.05, 3.63) is 65.0 Å². The van der Waals surface area contributed by atoms with Gasteiger partial charge in [0.2, 0.25) is 0 Å². The first-order valence-electron chi connectivity index (χ1n) is 9.13. The van der Waals surface area contributed by atoms with Crippen LogP contribution in [-0.2, 0) is 18.7 Å². The molecule has 0 fully saturated rings. The number of thioether (sulfide) groups is 1. The van der Waals surface area contributed by atoms with Crippen molar-refractivity contribution >= 4 is 17.7 Å². The molecule has 7 nitrogen and oxygen atoms in total. The highest BCUT2D eigenvalue weighted by molar-refractivity contribution is 7.98. The van der Waals surface area contributed by atoms with Gasteiger partial charge in [0, 0.05) is 18.7 Å². The third-order valence-electron chi connectivity index (χ3n) is 4.46. The molecule has 0 atom stereocenters. The maximum absolute atomic E-state index is 11.1. The van der Waals surface area contributed by atoms with Crippen molar-refractivity contribution in [1.82, 2.24) is 14.8 Å². The minimum atomic E-state index is -0.925. The van der Waals surface area contributed by atoms with Gasteiger partial charge in [-0.2, -0.15) is 0 Å². The maximum atomic E-state index is 11.1. The molecule has 1 heterocycles. The number of ether oxygens (including phenoxy) is 2. The number of rotatable bonds is 9. The molecule has 1 N–H and O–H groups in total. The van der Waals surface area contributed by atoms with E-state index in [4.69, 9.17) is 14.6 Å². The van der Waals surface area contributed by atoms with Gasteiger partial charge in [0.1, 0.15) is 5.82 Å². The van der Waals surface area contributed by atoms with Crippen LogP contribution in [0.15, 0.2) is 47.6 Å². The van der Waals surface area contributed by atoms with E-state index in [1.807, 2.05) is 24.3 Å². The van der Waals surface area contributed by atoms with Crippen molar-refractivity contribution in [2.45, 2.75) is 30.8 Å². The van der Waals surface area contributed by atoms with Gasteiger partial charge in [0.05, 0.1) is 19.8 Å². The fourth-order valence-electron chi connectivity index (χ4n) is 2.99. The second-order valence-electron chi connectivity index (χ2n) is 6.30. The summed E-state index contributed by atoms with van der Waals surface area (Å²) in [4.78, 5) is 11.1.